The number of nitrogens with one attached hydrogen (secondary N) is 2. The molecular formula is C24H34N2O2. The van der Waals surface area contributed by atoms with Gasteiger partial charge in [-0.25, -0.2) is 0 Å². The molecule has 0 unspecified atom stereocenters. The van der Waals surface area contributed by atoms with E-state index in [1.165, 1.54) is 0 Å². The van der Waals surface area contributed by atoms with Gasteiger partial charge in [-0.15, -0.1) is 0 Å². The molecule has 4 heteroatoms. The number of amides is 2. The van der Waals surface area contributed by atoms with Crippen LogP contribution in [0.15, 0.2) is 60.7 Å². The lowest BCUT2D eigenvalue weighted by atomic mass is 9.95. The average Bonchev–Trinajstić information content (AvgIpc) is 2.64. The van der Waals surface area contributed by atoms with Crippen molar-refractivity contribution in [2.45, 2.75) is 54.6 Å². The molecule has 2 N–H and O–H groups in total. The first-order valence-electron chi connectivity index (χ1n) is 9.64. The fourth-order valence-corrected chi connectivity index (χ4v) is 2.09. The van der Waals surface area contributed by atoms with Crippen molar-refractivity contribution in [3.63, 3.8) is 0 Å². The Labute approximate surface area is 169 Å². The topological polar surface area (TPSA) is 58.2 Å². The van der Waals surface area contributed by atoms with Crippen LogP contribution in [0, 0.1) is 10.8 Å². The first-order valence-corrected chi connectivity index (χ1v) is 9.64. The average molecular weight is 383 g/mol. The molecule has 0 aliphatic carbocycles. The molecule has 0 spiro atoms. The van der Waals surface area contributed by atoms with E-state index in [1.54, 1.807) is 0 Å². The van der Waals surface area contributed by atoms with Gasteiger partial charge in [0.1, 0.15) is 0 Å². The van der Waals surface area contributed by atoms with Crippen LogP contribution in [0.5, 0.6) is 0 Å². The molecule has 2 aromatic rings. The second-order valence-corrected chi connectivity index (χ2v) is 8.84. The van der Waals surface area contributed by atoms with Crippen LogP contribution in [0.4, 0.5) is 0 Å². The van der Waals surface area contributed by atoms with Gasteiger partial charge in [-0.1, -0.05) is 102 Å². The van der Waals surface area contributed by atoms with Crippen LogP contribution in [0.25, 0.3) is 0 Å². The third-order valence-corrected chi connectivity index (χ3v) is 3.95. The van der Waals surface area contributed by atoms with Crippen molar-refractivity contribution in [3.8, 4) is 0 Å². The summed E-state index contributed by atoms with van der Waals surface area (Å²) in [5, 5.41) is 5.80. The largest absolute Gasteiger partial charge is 0.352 e. The fraction of sp³-hybridized carbons (Fsp3) is 0.417. The van der Waals surface area contributed by atoms with E-state index >= 15 is 0 Å². The molecule has 0 saturated carbocycles. The van der Waals surface area contributed by atoms with Crippen molar-refractivity contribution >= 4 is 11.8 Å². The highest BCUT2D eigenvalue weighted by Crippen LogP contribution is 2.13. The molecular weight excluding hydrogens is 348 g/mol. The lowest BCUT2D eigenvalue weighted by molar-refractivity contribution is -0.129. The first-order chi connectivity index (χ1) is 13.0. The maximum absolute atomic E-state index is 11.5. The van der Waals surface area contributed by atoms with E-state index in [0.29, 0.717) is 13.1 Å². The van der Waals surface area contributed by atoms with Gasteiger partial charge in [0, 0.05) is 23.9 Å². The van der Waals surface area contributed by atoms with Gasteiger partial charge in [-0.05, 0) is 11.1 Å². The smallest absolute Gasteiger partial charge is 0.225 e. The van der Waals surface area contributed by atoms with Gasteiger partial charge in [0.05, 0.1) is 0 Å². The number of hydrogen-bond donors (Lipinski definition) is 2. The summed E-state index contributed by atoms with van der Waals surface area (Å²) in [6.45, 7) is 12.7. The number of carbonyl (C=O) groups is 2. The summed E-state index contributed by atoms with van der Waals surface area (Å²) in [4.78, 5) is 23.1. The maximum Gasteiger partial charge on any atom is 0.225 e. The van der Waals surface area contributed by atoms with Crippen LogP contribution in [0.1, 0.15) is 52.7 Å². The zero-order chi connectivity index (χ0) is 21.2. The second kappa shape index (κ2) is 10.6. The molecule has 28 heavy (non-hydrogen) atoms. The van der Waals surface area contributed by atoms with Gasteiger partial charge in [0.2, 0.25) is 11.8 Å². The fourth-order valence-electron chi connectivity index (χ4n) is 2.09. The van der Waals surface area contributed by atoms with Crippen molar-refractivity contribution in [2.24, 2.45) is 10.8 Å². The predicted molar refractivity (Wildman–Crippen MR) is 115 cm³/mol. The van der Waals surface area contributed by atoms with Gasteiger partial charge >= 0.3 is 0 Å². The summed E-state index contributed by atoms with van der Waals surface area (Å²) in [5.74, 6) is 0.169. The Hall–Kier alpha value is -2.62. The zero-order valence-electron chi connectivity index (χ0n) is 18.0. The molecule has 0 aliphatic rings. The quantitative estimate of drug-likeness (QED) is 0.805. The Kier molecular flexibility index (Phi) is 8.90. The molecule has 0 atom stereocenters. The standard InChI is InChI=1S/2C12H17NO/c2*1-12(2,3)11(14)13-9-10-7-5-4-6-8-10/h2*4-8H,9H2,1-3H3,(H,13,14). The Morgan fingerprint density at radius 3 is 1.14 bits per heavy atom. The number of carbonyl (C=O) groups excluding carboxylic acids is 2. The number of rotatable bonds is 4. The molecule has 0 fully saturated rings. The van der Waals surface area contributed by atoms with Gasteiger partial charge < -0.3 is 10.6 Å². The van der Waals surface area contributed by atoms with Gasteiger partial charge in [0.25, 0.3) is 0 Å². The van der Waals surface area contributed by atoms with E-state index in [-0.39, 0.29) is 22.6 Å². The van der Waals surface area contributed by atoms with Crippen molar-refractivity contribution in [2.75, 3.05) is 0 Å². The lowest BCUT2D eigenvalue weighted by Gasteiger charge is -2.17. The number of benzene rings is 2. The van der Waals surface area contributed by atoms with Gasteiger partial charge in [-0.2, -0.15) is 0 Å². The molecule has 4 nitrogen and oxygen atoms in total. The van der Waals surface area contributed by atoms with Crippen LogP contribution in [-0.2, 0) is 22.7 Å². The summed E-state index contributed by atoms with van der Waals surface area (Å²) in [5.41, 5.74) is 1.64. The van der Waals surface area contributed by atoms with Gasteiger partial charge in [0.15, 0.2) is 0 Å². The van der Waals surface area contributed by atoms with E-state index < -0.39 is 0 Å². The molecule has 0 aromatic heterocycles. The minimum atomic E-state index is -0.311. The normalized spacial score (nSPS) is 11.1. The summed E-state index contributed by atoms with van der Waals surface area (Å²) in [6, 6.07) is 19.8. The first kappa shape index (κ1) is 23.4. The van der Waals surface area contributed by atoms with Crippen LogP contribution in [0.3, 0.4) is 0 Å². The van der Waals surface area contributed by atoms with Crippen molar-refractivity contribution in [1.29, 1.82) is 0 Å². The zero-order valence-corrected chi connectivity index (χ0v) is 18.0. The Bertz CT molecular complexity index is 661. The highest BCUT2D eigenvalue weighted by Gasteiger charge is 2.20. The maximum atomic E-state index is 11.5. The summed E-state index contributed by atoms with van der Waals surface area (Å²) >= 11 is 0. The van der Waals surface area contributed by atoms with Crippen molar-refractivity contribution < 1.29 is 9.59 Å². The van der Waals surface area contributed by atoms with Gasteiger partial charge in [-0.3, -0.25) is 9.59 Å². The van der Waals surface area contributed by atoms with Crippen LogP contribution >= 0.6 is 0 Å². The molecule has 2 aromatic carbocycles. The highest BCUT2D eigenvalue weighted by atomic mass is 16.2. The highest BCUT2D eigenvalue weighted by molar-refractivity contribution is 5.81. The Morgan fingerprint density at radius 2 is 0.893 bits per heavy atom. The Morgan fingerprint density at radius 1 is 0.607 bits per heavy atom. The Balaban J connectivity index is 0.000000280. The second-order valence-electron chi connectivity index (χ2n) is 8.84. The van der Waals surface area contributed by atoms with E-state index in [0.717, 1.165) is 11.1 Å². The monoisotopic (exact) mass is 382 g/mol. The molecule has 0 aliphatic heterocycles. The molecule has 0 saturated heterocycles. The minimum absolute atomic E-state index is 0.0846. The minimum Gasteiger partial charge on any atom is -0.352 e. The lowest BCUT2D eigenvalue weighted by Crippen LogP contribution is -2.34. The number of hydrogen-bond acceptors (Lipinski definition) is 2. The van der Waals surface area contributed by atoms with E-state index in [9.17, 15) is 9.59 Å². The van der Waals surface area contributed by atoms with E-state index in [4.69, 9.17) is 0 Å². The molecule has 152 valence electrons. The summed E-state index contributed by atoms with van der Waals surface area (Å²) in [6.07, 6.45) is 0. The van der Waals surface area contributed by atoms with E-state index in [2.05, 4.69) is 10.6 Å². The molecule has 0 radical (unpaired) electrons. The SMILES string of the molecule is CC(C)(C)C(=O)NCc1ccccc1.CC(C)(C)C(=O)NCc1ccccc1. The molecule has 0 bridgehead atoms. The molecule has 2 amide bonds. The third-order valence-electron chi connectivity index (χ3n) is 3.95. The van der Waals surface area contributed by atoms with Crippen molar-refractivity contribution in [1.82, 2.24) is 10.6 Å². The predicted octanol–water partition coefficient (Wildman–Crippen LogP) is 4.70. The molecule has 0 heterocycles. The van der Waals surface area contributed by atoms with Crippen LogP contribution in [-0.4, -0.2) is 11.8 Å². The molecule has 2 rings (SSSR count). The van der Waals surface area contributed by atoms with Crippen LogP contribution in [0.2, 0.25) is 0 Å². The summed E-state index contributed by atoms with van der Waals surface area (Å²) < 4.78 is 0. The summed E-state index contributed by atoms with van der Waals surface area (Å²) in [7, 11) is 0. The van der Waals surface area contributed by atoms with Crippen molar-refractivity contribution in [3.05, 3.63) is 71.8 Å². The van der Waals surface area contributed by atoms with E-state index in [1.807, 2.05) is 102 Å². The third kappa shape index (κ3) is 9.36. The van der Waals surface area contributed by atoms with Crippen LogP contribution < -0.4 is 10.6 Å².